The molecule has 0 aromatic carbocycles. The maximum Gasteiger partial charge on any atom is 0.261 e. The van der Waals surface area contributed by atoms with E-state index in [0.29, 0.717) is 6.54 Å². The van der Waals surface area contributed by atoms with Crippen LogP contribution >= 0.6 is 0 Å². The summed E-state index contributed by atoms with van der Waals surface area (Å²) in [5.41, 5.74) is 2.49. The van der Waals surface area contributed by atoms with E-state index in [9.17, 15) is 9.59 Å². The number of aromatic nitrogens is 2. The highest BCUT2D eigenvalue weighted by molar-refractivity contribution is 5.94. The second-order valence-corrected chi connectivity index (χ2v) is 6.87. The Labute approximate surface area is 148 Å². The maximum absolute atomic E-state index is 13.2. The van der Waals surface area contributed by atoms with Crippen LogP contribution in [-0.4, -0.2) is 26.8 Å². The second kappa shape index (κ2) is 7.64. The van der Waals surface area contributed by atoms with Crippen molar-refractivity contribution in [2.45, 2.75) is 58.5 Å². The number of hydrogen-bond acceptors (Lipinski definition) is 3. The molecule has 0 atom stereocenters. The highest BCUT2D eigenvalue weighted by Crippen LogP contribution is 2.25. The van der Waals surface area contributed by atoms with Gasteiger partial charge in [0.2, 0.25) is 0 Å². The molecule has 1 aliphatic carbocycles. The predicted octanol–water partition coefficient (Wildman–Crippen LogP) is 3.36. The molecule has 1 fully saturated rings. The van der Waals surface area contributed by atoms with Gasteiger partial charge in [-0.1, -0.05) is 25.3 Å². The number of nitrogens with zero attached hydrogens (tertiary/aromatic N) is 2. The van der Waals surface area contributed by atoms with Crippen LogP contribution in [0.1, 0.15) is 59.4 Å². The third-order valence-corrected chi connectivity index (χ3v) is 5.06. The Morgan fingerprint density at radius 1 is 1.24 bits per heavy atom. The Kier molecular flexibility index (Phi) is 5.31. The van der Waals surface area contributed by atoms with Gasteiger partial charge in [-0.2, -0.15) is 0 Å². The van der Waals surface area contributed by atoms with Crippen LogP contribution in [0.3, 0.4) is 0 Å². The Morgan fingerprint density at radius 3 is 2.68 bits per heavy atom. The molecule has 1 N–H and O–H groups in total. The van der Waals surface area contributed by atoms with Crippen molar-refractivity contribution in [2.24, 2.45) is 0 Å². The van der Waals surface area contributed by atoms with E-state index in [1.54, 1.807) is 12.3 Å². The summed E-state index contributed by atoms with van der Waals surface area (Å²) < 4.78 is 0. The molecular weight excluding hydrogens is 314 g/mol. The van der Waals surface area contributed by atoms with Gasteiger partial charge in [-0.3, -0.25) is 14.6 Å². The minimum atomic E-state index is -0.310. The summed E-state index contributed by atoms with van der Waals surface area (Å²) in [5, 5.41) is 0. The molecule has 0 bridgehead atoms. The Hall–Kier alpha value is -2.43. The molecule has 0 saturated heterocycles. The first kappa shape index (κ1) is 17.4. The van der Waals surface area contributed by atoms with Gasteiger partial charge in [-0.05, 0) is 50.5 Å². The van der Waals surface area contributed by atoms with Crippen LogP contribution in [0, 0.1) is 13.8 Å². The van der Waals surface area contributed by atoms with Crippen LogP contribution in [0.25, 0.3) is 0 Å². The fraction of sp³-hybridized carbons (Fsp3) is 0.450. The summed E-state index contributed by atoms with van der Waals surface area (Å²) in [6, 6.07) is 7.60. The molecule has 2 aromatic rings. The van der Waals surface area contributed by atoms with Crippen LogP contribution in [-0.2, 0) is 6.54 Å². The summed E-state index contributed by atoms with van der Waals surface area (Å²) >= 11 is 0. The first-order chi connectivity index (χ1) is 12.1. The van der Waals surface area contributed by atoms with E-state index in [1.165, 1.54) is 6.42 Å². The van der Waals surface area contributed by atoms with Crippen LogP contribution < -0.4 is 5.56 Å². The standard InChI is InChI=1S/C20H25N3O2/c1-14-12-18(19(24)22-15(14)2)20(25)23(17-9-4-3-5-10-17)13-16-8-6-7-11-21-16/h6-8,11-12,17H,3-5,9-10,13H2,1-2H3,(H,22,24). The van der Waals surface area contributed by atoms with Crippen molar-refractivity contribution in [3.8, 4) is 0 Å². The number of aromatic amines is 1. The number of carbonyl (C=O) groups excluding carboxylic acids is 1. The van der Waals surface area contributed by atoms with E-state index in [2.05, 4.69) is 9.97 Å². The summed E-state index contributed by atoms with van der Waals surface area (Å²) in [4.78, 5) is 34.6. The summed E-state index contributed by atoms with van der Waals surface area (Å²) in [6.07, 6.45) is 7.18. The molecular formula is C20H25N3O2. The van der Waals surface area contributed by atoms with Crippen LogP contribution in [0.15, 0.2) is 35.3 Å². The van der Waals surface area contributed by atoms with Crippen molar-refractivity contribution < 1.29 is 4.79 Å². The van der Waals surface area contributed by atoms with Crippen molar-refractivity contribution >= 4 is 5.91 Å². The number of H-pyrrole nitrogens is 1. The van der Waals surface area contributed by atoms with E-state index < -0.39 is 0 Å². The van der Waals surface area contributed by atoms with Gasteiger partial charge in [0, 0.05) is 17.9 Å². The summed E-state index contributed by atoms with van der Waals surface area (Å²) in [5.74, 6) is -0.193. The Balaban J connectivity index is 1.94. The zero-order valence-electron chi connectivity index (χ0n) is 14.9. The van der Waals surface area contributed by atoms with Crippen molar-refractivity contribution in [2.75, 3.05) is 0 Å². The third kappa shape index (κ3) is 3.98. The lowest BCUT2D eigenvalue weighted by Crippen LogP contribution is -2.43. The highest BCUT2D eigenvalue weighted by atomic mass is 16.2. The van der Waals surface area contributed by atoms with E-state index in [1.807, 2.05) is 36.9 Å². The van der Waals surface area contributed by atoms with Crippen molar-refractivity contribution in [1.29, 1.82) is 0 Å². The van der Waals surface area contributed by atoms with Gasteiger partial charge < -0.3 is 9.88 Å². The second-order valence-electron chi connectivity index (χ2n) is 6.87. The van der Waals surface area contributed by atoms with Crippen LogP contribution in [0.4, 0.5) is 0 Å². The molecule has 1 saturated carbocycles. The molecule has 0 radical (unpaired) electrons. The normalized spacial score (nSPS) is 15.1. The Morgan fingerprint density at radius 2 is 2.00 bits per heavy atom. The SMILES string of the molecule is Cc1cc(C(=O)N(Cc2ccccn2)C2CCCCC2)c(=O)[nH]c1C. The first-order valence-corrected chi connectivity index (χ1v) is 8.97. The number of amides is 1. The van der Waals surface area contributed by atoms with Gasteiger partial charge in [0.05, 0.1) is 12.2 Å². The van der Waals surface area contributed by atoms with E-state index in [4.69, 9.17) is 0 Å². The van der Waals surface area contributed by atoms with Crippen LogP contribution in [0.5, 0.6) is 0 Å². The number of aryl methyl sites for hydroxylation is 2. The smallest absolute Gasteiger partial charge is 0.261 e. The molecule has 1 amide bonds. The van der Waals surface area contributed by atoms with Crippen molar-refractivity contribution in [3.05, 3.63) is 63.3 Å². The maximum atomic E-state index is 13.2. The molecule has 5 nitrogen and oxygen atoms in total. The third-order valence-electron chi connectivity index (χ3n) is 5.06. The van der Waals surface area contributed by atoms with Gasteiger partial charge in [0.25, 0.3) is 11.5 Å². The number of hydrogen-bond donors (Lipinski definition) is 1. The number of nitrogens with one attached hydrogen (secondary N) is 1. The molecule has 1 aliphatic rings. The molecule has 0 unspecified atom stereocenters. The van der Waals surface area contributed by atoms with E-state index in [0.717, 1.165) is 42.6 Å². The largest absolute Gasteiger partial charge is 0.330 e. The average molecular weight is 339 g/mol. The molecule has 0 aliphatic heterocycles. The lowest BCUT2D eigenvalue weighted by Gasteiger charge is -2.34. The lowest BCUT2D eigenvalue weighted by molar-refractivity contribution is 0.0609. The van der Waals surface area contributed by atoms with Crippen molar-refractivity contribution in [3.63, 3.8) is 0 Å². The number of pyridine rings is 2. The molecule has 25 heavy (non-hydrogen) atoms. The molecule has 5 heteroatoms. The molecule has 2 heterocycles. The van der Waals surface area contributed by atoms with Crippen molar-refractivity contribution in [1.82, 2.24) is 14.9 Å². The summed E-state index contributed by atoms with van der Waals surface area (Å²) in [6.45, 7) is 4.19. The minimum absolute atomic E-state index is 0.171. The quantitative estimate of drug-likeness (QED) is 0.929. The average Bonchev–Trinajstić information content (AvgIpc) is 2.64. The van der Waals surface area contributed by atoms with Gasteiger partial charge in [0.15, 0.2) is 0 Å². The number of rotatable bonds is 4. The number of carbonyl (C=O) groups is 1. The summed E-state index contributed by atoms with van der Waals surface area (Å²) in [7, 11) is 0. The van der Waals surface area contributed by atoms with E-state index >= 15 is 0 Å². The highest BCUT2D eigenvalue weighted by Gasteiger charge is 2.28. The van der Waals surface area contributed by atoms with E-state index in [-0.39, 0.29) is 23.1 Å². The zero-order chi connectivity index (χ0) is 17.8. The fourth-order valence-electron chi connectivity index (χ4n) is 3.47. The first-order valence-electron chi connectivity index (χ1n) is 8.97. The Bertz CT molecular complexity index is 792. The molecule has 0 spiro atoms. The topological polar surface area (TPSA) is 66.1 Å². The molecule has 2 aromatic heterocycles. The zero-order valence-corrected chi connectivity index (χ0v) is 14.9. The van der Waals surface area contributed by atoms with Crippen LogP contribution in [0.2, 0.25) is 0 Å². The van der Waals surface area contributed by atoms with Gasteiger partial charge in [0.1, 0.15) is 5.56 Å². The van der Waals surface area contributed by atoms with Gasteiger partial charge in [-0.15, -0.1) is 0 Å². The fourth-order valence-corrected chi connectivity index (χ4v) is 3.47. The molecule has 132 valence electrons. The van der Waals surface area contributed by atoms with Gasteiger partial charge in [-0.25, -0.2) is 0 Å². The van der Waals surface area contributed by atoms with Gasteiger partial charge >= 0.3 is 0 Å². The minimum Gasteiger partial charge on any atom is -0.330 e. The molecule has 3 rings (SSSR count). The lowest BCUT2D eigenvalue weighted by atomic mass is 9.93. The monoisotopic (exact) mass is 339 g/mol. The predicted molar refractivity (Wildman–Crippen MR) is 97.5 cm³/mol.